The van der Waals surface area contributed by atoms with Crippen molar-refractivity contribution in [1.29, 1.82) is 0 Å². The van der Waals surface area contributed by atoms with Gasteiger partial charge in [-0.2, -0.15) is 0 Å². The maximum absolute atomic E-state index is 13.0. The Morgan fingerprint density at radius 3 is 2.48 bits per heavy atom. The van der Waals surface area contributed by atoms with E-state index in [9.17, 15) is 18.8 Å². The molecule has 0 aliphatic rings. The van der Waals surface area contributed by atoms with Gasteiger partial charge in [0.2, 0.25) is 0 Å². The lowest BCUT2D eigenvalue weighted by molar-refractivity contribution is -0.123. The molecular formula is C22H20FN3O5. The number of hydrazine groups is 1. The minimum atomic E-state index is -0.770. The highest BCUT2D eigenvalue weighted by molar-refractivity contribution is 5.95. The van der Waals surface area contributed by atoms with E-state index in [1.807, 2.05) is 0 Å². The number of hydrogen-bond acceptors (Lipinski definition) is 5. The second-order valence-corrected chi connectivity index (χ2v) is 6.45. The third-order valence-corrected chi connectivity index (χ3v) is 4.26. The van der Waals surface area contributed by atoms with Crippen LogP contribution in [-0.2, 0) is 11.3 Å². The highest BCUT2D eigenvalue weighted by atomic mass is 19.1. The third kappa shape index (κ3) is 5.92. The molecule has 3 aromatic rings. The first kappa shape index (κ1) is 21.6. The van der Waals surface area contributed by atoms with Gasteiger partial charge in [-0.25, -0.2) is 4.39 Å². The summed E-state index contributed by atoms with van der Waals surface area (Å²) in [5.41, 5.74) is 4.38. The smallest absolute Gasteiger partial charge is 0.276 e. The normalized spacial score (nSPS) is 10.3. The van der Waals surface area contributed by atoms with Crippen LogP contribution in [0, 0.1) is 5.82 Å². The van der Waals surface area contributed by atoms with Crippen LogP contribution in [0.5, 0.6) is 11.5 Å². The Kier molecular flexibility index (Phi) is 7.00. The molecule has 31 heavy (non-hydrogen) atoms. The van der Waals surface area contributed by atoms with E-state index in [1.54, 1.807) is 36.4 Å². The number of benzene rings is 2. The lowest BCUT2D eigenvalue weighted by Crippen LogP contribution is -2.45. The molecule has 0 saturated heterocycles. The lowest BCUT2D eigenvalue weighted by atomic mass is 10.2. The molecule has 0 radical (unpaired) electrons. The van der Waals surface area contributed by atoms with Crippen LogP contribution < -0.4 is 25.9 Å². The van der Waals surface area contributed by atoms with Crippen molar-refractivity contribution in [2.24, 2.45) is 0 Å². The summed E-state index contributed by atoms with van der Waals surface area (Å²) in [4.78, 5) is 36.8. The fraction of sp³-hybridized carbons (Fsp3) is 0.136. The van der Waals surface area contributed by atoms with Gasteiger partial charge < -0.3 is 14.0 Å². The number of ether oxygens (including phenoxy) is 2. The molecular weight excluding hydrogens is 405 g/mol. The summed E-state index contributed by atoms with van der Waals surface area (Å²) in [6.45, 7) is -0.183. The van der Waals surface area contributed by atoms with Crippen LogP contribution in [0.25, 0.3) is 0 Å². The van der Waals surface area contributed by atoms with Gasteiger partial charge in [0.1, 0.15) is 22.9 Å². The van der Waals surface area contributed by atoms with Crippen LogP contribution in [0.4, 0.5) is 4.39 Å². The van der Waals surface area contributed by atoms with E-state index in [1.165, 1.54) is 42.1 Å². The van der Waals surface area contributed by atoms with Gasteiger partial charge in [0.05, 0.1) is 13.7 Å². The molecule has 0 atom stereocenters. The van der Waals surface area contributed by atoms with E-state index in [4.69, 9.17) is 9.47 Å². The van der Waals surface area contributed by atoms with Crippen LogP contribution in [0.1, 0.15) is 15.9 Å². The Labute approximate surface area is 177 Å². The molecule has 1 aromatic heterocycles. The molecule has 2 amide bonds. The number of halogens is 1. The second-order valence-electron chi connectivity index (χ2n) is 6.45. The fourth-order valence-corrected chi connectivity index (χ4v) is 2.69. The Balaban J connectivity index is 1.56. The first-order chi connectivity index (χ1) is 15.0. The number of rotatable bonds is 7. The summed E-state index contributed by atoms with van der Waals surface area (Å²) in [5, 5.41) is 0. The van der Waals surface area contributed by atoms with Gasteiger partial charge in [-0.05, 0) is 42.0 Å². The summed E-state index contributed by atoms with van der Waals surface area (Å²) in [5.74, 6) is -0.762. The number of amides is 2. The van der Waals surface area contributed by atoms with Gasteiger partial charge in [-0.15, -0.1) is 0 Å². The largest absolute Gasteiger partial charge is 0.497 e. The minimum absolute atomic E-state index is 0.154. The van der Waals surface area contributed by atoms with Gasteiger partial charge >= 0.3 is 0 Å². The number of nitrogens with zero attached hydrogens (tertiary/aromatic N) is 1. The number of hydrogen-bond donors (Lipinski definition) is 2. The van der Waals surface area contributed by atoms with Gasteiger partial charge in [0.25, 0.3) is 17.4 Å². The molecule has 160 valence electrons. The molecule has 3 rings (SSSR count). The molecule has 0 aliphatic carbocycles. The highest BCUT2D eigenvalue weighted by Gasteiger charge is 2.13. The average molecular weight is 425 g/mol. The Morgan fingerprint density at radius 1 is 1.00 bits per heavy atom. The SMILES string of the molecule is COc1cccc(OCC(=O)NNC(=O)c2cccn(Cc3ccc(F)cc3)c2=O)c1. The molecule has 0 unspecified atom stereocenters. The Bertz CT molecular complexity index is 1130. The maximum Gasteiger partial charge on any atom is 0.276 e. The van der Waals surface area contributed by atoms with Crippen molar-refractivity contribution in [2.45, 2.75) is 6.54 Å². The van der Waals surface area contributed by atoms with Crippen LogP contribution in [0.2, 0.25) is 0 Å². The fourth-order valence-electron chi connectivity index (χ4n) is 2.69. The van der Waals surface area contributed by atoms with E-state index in [0.29, 0.717) is 17.1 Å². The highest BCUT2D eigenvalue weighted by Crippen LogP contribution is 2.18. The van der Waals surface area contributed by atoms with E-state index < -0.39 is 17.4 Å². The van der Waals surface area contributed by atoms with E-state index in [-0.39, 0.29) is 24.5 Å². The predicted molar refractivity (Wildman–Crippen MR) is 110 cm³/mol. The second kappa shape index (κ2) is 10.1. The Hall–Kier alpha value is -4.14. The van der Waals surface area contributed by atoms with Crippen molar-refractivity contribution in [2.75, 3.05) is 13.7 Å². The third-order valence-electron chi connectivity index (χ3n) is 4.26. The number of carbonyl (C=O) groups is 2. The Morgan fingerprint density at radius 2 is 1.74 bits per heavy atom. The molecule has 1 heterocycles. The summed E-state index contributed by atoms with van der Waals surface area (Å²) in [6, 6.07) is 15.3. The molecule has 0 aliphatic heterocycles. The van der Waals surface area contributed by atoms with Crippen molar-refractivity contribution in [3.05, 3.63) is 94.2 Å². The molecule has 0 spiro atoms. The summed E-state index contributed by atoms with van der Waals surface area (Å²) >= 11 is 0. The summed E-state index contributed by atoms with van der Waals surface area (Å²) in [7, 11) is 1.51. The molecule has 9 heteroatoms. The number of methoxy groups -OCH3 is 1. The van der Waals surface area contributed by atoms with Crippen molar-refractivity contribution in [1.82, 2.24) is 15.4 Å². The topological polar surface area (TPSA) is 98.7 Å². The predicted octanol–water partition coefficient (Wildman–Crippen LogP) is 1.88. The number of pyridine rings is 1. The zero-order valence-corrected chi connectivity index (χ0v) is 16.6. The first-order valence-corrected chi connectivity index (χ1v) is 9.26. The van der Waals surface area contributed by atoms with E-state index in [0.717, 1.165) is 0 Å². The quantitative estimate of drug-likeness (QED) is 0.564. The summed E-state index contributed by atoms with van der Waals surface area (Å²) in [6.07, 6.45) is 1.52. The standard InChI is InChI=1S/C22H20FN3O5/c1-30-17-4-2-5-18(12-17)31-14-20(27)24-25-21(28)19-6-3-11-26(22(19)29)13-15-7-9-16(23)10-8-15/h2-12H,13-14H2,1H3,(H,24,27)(H,25,28). The molecule has 0 saturated carbocycles. The molecule has 2 aromatic carbocycles. The van der Waals surface area contributed by atoms with E-state index >= 15 is 0 Å². The number of carbonyl (C=O) groups excluding carboxylic acids is 2. The summed E-state index contributed by atoms with van der Waals surface area (Å²) < 4.78 is 24.8. The maximum atomic E-state index is 13.0. The minimum Gasteiger partial charge on any atom is -0.497 e. The van der Waals surface area contributed by atoms with Crippen LogP contribution in [-0.4, -0.2) is 30.1 Å². The van der Waals surface area contributed by atoms with Crippen LogP contribution in [0.15, 0.2) is 71.7 Å². The molecule has 8 nitrogen and oxygen atoms in total. The first-order valence-electron chi connectivity index (χ1n) is 9.26. The van der Waals surface area contributed by atoms with Crippen molar-refractivity contribution in [3.8, 4) is 11.5 Å². The van der Waals surface area contributed by atoms with Gasteiger partial charge in [0.15, 0.2) is 6.61 Å². The monoisotopic (exact) mass is 425 g/mol. The van der Waals surface area contributed by atoms with Crippen LogP contribution in [0.3, 0.4) is 0 Å². The van der Waals surface area contributed by atoms with E-state index in [2.05, 4.69) is 10.9 Å². The van der Waals surface area contributed by atoms with Gasteiger partial charge in [-0.3, -0.25) is 25.2 Å². The van der Waals surface area contributed by atoms with Crippen molar-refractivity contribution < 1.29 is 23.5 Å². The number of nitrogens with one attached hydrogen (secondary N) is 2. The van der Waals surface area contributed by atoms with Gasteiger partial charge in [-0.1, -0.05) is 18.2 Å². The average Bonchev–Trinajstić information content (AvgIpc) is 2.79. The zero-order chi connectivity index (χ0) is 22.2. The molecule has 0 bridgehead atoms. The zero-order valence-electron chi connectivity index (χ0n) is 16.6. The molecule has 0 fully saturated rings. The molecule has 2 N–H and O–H groups in total. The van der Waals surface area contributed by atoms with Crippen LogP contribution >= 0.6 is 0 Å². The van der Waals surface area contributed by atoms with Gasteiger partial charge in [0, 0.05) is 12.3 Å². The number of aromatic nitrogens is 1. The van der Waals surface area contributed by atoms with Crippen molar-refractivity contribution >= 4 is 11.8 Å². The lowest BCUT2D eigenvalue weighted by Gasteiger charge is -2.11. The van der Waals surface area contributed by atoms with Crippen molar-refractivity contribution in [3.63, 3.8) is 0 Å².